The van der Waals surface area contributed by atoms with E-state index in [9.17, 15) is 4.79 Å². The number of amides is 1. The van der Waals surface area contributed by atoms with Crippen LogP contribution in [0.2, 0.25) is 0 Å². The van der Waals surface area contributed by atoms with E-state index in [4.69, 9.17) is 4.98 Å². The molecule has 0 bridgehead atoms. The summed E-state index contributed by atoms with van der Waals surface area (Å²) >= 11 is 0. The summed E-state index contributed by atoms with van der Waals surface area (Å²) in [5.41, 5.74) is 4.30. The van der Waals surface area contributed by atoms with Crippen molar-refractivity contribution in [1.29, 1.82) is 0 Å². The molecule has 0 aliphatic carbocycles. The summed E-state index contributed by atoms with van der Waals surface area (Å²) in [6.45, 7) is 7.80. The summed E-state index contributed by atoms with van der Waals surface area (Å²) in [7, 11) is 0. The topological polar surface area (TPSA) is 51.7 Å². The Balaban J connectivity index is 1.23. The third kappa shape index (κ3) is 4.86. The number of carbonyl (C=O) groups excluding carboxylic acids is 1. The lowest BCUT2D eigenvalue weighted by Gasteiger charge is -2.36. The summed E-state index contributed by atoms with van der Waals surface area (Å²) in [5.74, 6) is 0.900. The third-order valence-electron chi connectivity index (χ3n) is 6.62. The first kappa shape index (κ1) is 21.5. The van der Waals surface area contributed by atoms with Crippen LogP contribution in [0.25, 0.3) is 0 Å². The standard InChI is InChI=1S/C27H31N5O/c1-21-10-12-23(13-11-21)30-16-18-31(19-17-30)27(33)24-8-5-9-26(29-24)32-15-14-28-25(20-32)22-6-3-2-4-7-22/h2-13,25,28H,14-20H2,1H3/t25-/m0/s1. The fourth-order valence-corrected chi connectivity index (χ4v) is 4.67. The van der Waals surface area contributed by atoms with Crippen LogP contribution in [-0.2, 0) is 0 Å². The maximum Gasteiger partial charge on any atom is 0.272 e. The zero-order valence-electron chi connectivity index (χ0n) is 19.2. The van der Waals surface area contributed by atoms with Gasteiger partial charge in [0.1, 0.15) is 11.5 Å². The maximum absolute atomic E-state index is 13.2. The molecule has 2 aromatic carbocycles. The Kier molecular flexibility index (Phi) is 6.26. The Labute approximate surface area is 195 Å². The molecule has 1 atom stereocenters. The van der Waals surface area contributed by atoms with Crippen molar-refractivity contribution in [3.05, 3.63) is 89.6 Å². The van der Waals surface area contributed by atoms with Crippen LogP contribution < -0.4 is 15.1 Å². The smallest absolute Gasteiger partial charge is 0.272 e. The molecule has 0 spiro atoms. The lowest BCUT2D eigenvalue weighted by atomic mass is 10.0. The molecule has 2 aliphatic rings. The molecule has 0 radical (unpaired) electrons. The Hall–Kier alpha value is -3.38. The first-order chi connectivity index (χ1) is 16.2. The summed E-state index contributed by atoms with van der Waals surface area (Å²) in [6.07, 6.45) is 0. The number of nitrogens with zero attached hydrogens (tertiary/aromatic N) is 4. The molecule has 33 heavy (non-hydrogen) atoms. The molecule has 5 rings (SSSR count). The summed E-state index contributed by atoms with van der Waals surface area (Å²) in [4.78, 5) is 24.6. The molecular formula is C27H31N5O. The number of piperazine rings is 2. The van der Waals surface area contributed by atoms with Crippen molar-refractivity contribution in [2.75, 3.05) is 55.6 Å². The van der Waals surface area contributed by atoms with Gasteiger partial charge in [-0.2, -0.15) is 0 Å². The zero-order valence-corrected chi connectivity index (χ0v) is 19.2. The highest BCUT2D eigenvalue weighted by Gasteiger charge is 2.25. The SMILES string of the molecule is Cc1ccc(N2CCN(C(=O)c3cccc(N4CCN[C@H](c5ccccc5)C4)n3)CC2)cc1. The van der Waals surface area contributed by atoms with E-state index in [0.717, 1.165) is 38.5 Å². The molecule has 2 saturated heterocycles. The predicted octanol–water partition coefficient (Wildman–Crippen LogP) is 3.50. The van der Waals surface area contributed by atoms with Crippen LogP contribution >= 0.6 is 0 Å². The molecule has 0 unspecified atom stereocenters. The number of rotatable bonds is 4. The highest BCUT2D eigenvalue weighted by Crippen LogP contribution is 2.22. The Bertz CT molecular complexity index is 1080. The number of pyridine rings is 1. The van der Waals surface area contributed by atoms with E-state index in [-0.39, 0.29) is 11.9 Å². The molecule has 3 aromatic rings. The van der Waals surface area contributed by atoms with Gasteiger partial charge in [0.05, 0.1) is 0 Å². The van der Waals surface area contributed by atoms with Crippen molar-refractivity contribution in [2.45, 2.75) is 13.0 Å². The van der Waals surface area contributed by atoms with Crippen molar-refractivity contribution >= 4 is 17.4 Å². The van der Waals surface area contributed by atoms with Gasteiger partial charge >= 0.3 is 0 Å². The number of aryl methyl sites for hydroxylation is 1. The molecule has 2 aliphatic heterocycles. The molecule has 6 nitrogen and oxygen atoms in total. The van der Waals surface area contributed by atoms with Crippen LogP contribution in [0, 0.1) is 6.92 Å². The van der Waals surface area contributed by atoms with Crippen LogP contribution in [0.1, 0.15) is 27.7 Å². The number of hydrogen-bond donors (Lipinski definition) is 1. The summed E-state index contributed by atoms with van der Waals surface area (Å²) < 4.78 is 0. The van der Waals surface area contributed by atoms with E-state index in [1.807, 2.05) is 29.2 Å². The number of nitrogens with one attached hydrogen (secondary N) is 1. The summed E-state index contributed by atoms with van der Waals surface area (Å²) in [5, 5.41) is 3.60. The Morgan fingerprint density at radius 3 is 2.36 bits per heavy atom. The van der Waals surface area contributed by atoms with E-state index in [1.165, 1.54) is 16.8 Å². The Morgan fingerprint density at radius 1 is 0.848 bits per heavy atom. The summed E-state index contributed by atoms with van der Waals surface area (Å²) in [6, 6.07) is 25.2. The van der Waals surface area contributed by atoms with Gasteiger partial charge < -0.3 is 20.0 Å². The molecule has 0 saturated carbocycles. The van der Waals surface area contributed by atoms with Gasteiger partial charge in [0.2, 0.25) is 0 Å². The molecule has 1 N–H and O–H groups in total. The fraction of sp³-hybridized carbons (Fsp3) is 0.333. The Morgan fingerprint density at radius 2 is 1.61 bits per heavy atom. The van der Waals surface area contributed by atoms with Crippen LogP contribution in [0.3, 0.4) is 0 Å². The predicted molar refractivity (Wildman–Crippen MR) is 133 cm³/mol. The van der Waals surface area contributed by atoms with Crippen molar-refractivity contribution in [3.63, 3.8) is 0 Å². The molecule has 170 valence electrons. The molecule has 2 fully saturated rings. The van der Waals surface area contributed by atoms with Crippen molar-refractivity contribution < 1.29 is 4.79 Å². The van der Waals surface area contributed by atoms with Gasteiger partial charge in [-0.3, -0.25) is 4.79 Å². The van der Waals surface area contributed by atoms with Crippen molar-refractivity contribution in [2.24, 2.45) is 0 Å². The van der Waals surface area contributed by atoms with Crippen LogP contribution in [0.15, 0.2) is 72.8 Å². The second-order valence-electron chi connectivity index (χ2n) is 8.86. The second-order valence-corrected chi connectivity index (χ2v) is 8.86. The molecule has 1 aromatic heterocycles. The van der Waals surface area contributed by atoms with Crippen molar-refractivity contribution in [3.8, 4) is 0 Å². The van der Waals surface area contributed by atoms with Gasteiger partial charge in [-0.15, -0.1) is 0 Å². The van der Waals surface area contributed by atoms with Gasteiger partial charge in [-0.1, -0.05) is 54.1 Å². The van der Waals surface area contributed by atoms with Crippen LogP contribution in [0.4, 0.5) is 11.5 Å². The quantitative estimate of drug-likeness (QED) is 0.672. The van der Waals surface area contributed by atoms with E-state index in [0.29, 0.717) is 18.8 Å². The minimum Gasteiger partial charge on any atom is -0.368 e. The largest absolute Gasteiger partial charge is 0.368 e. The van der Waals surface area contributed by atoms with E-state index >= 15 is 0 Å². The average Bonchev–Trinajstić information content (AvgIpc) is 2.89. The monoisotopic (exact) mass is 441 g/mol. The number of aromatic nitrogens is 1. The molecular weight excluding hydrogens is 410 g/mol. The van der Waals surface area contributed by atoms with Gasteiger partial charge in [-0.25, -0.2) is 4.98 Å². The van der Waals surface area contributed by atoms with Crippen LogP contribution in [0.5, 0.6) is 0 Å². The lowest BCUT2D eigenvalue weighted by molar-refractivity contribution is 0.0741. The first-order valence-corrected chi connectivity index (χ1v) is 11.8. The van der Waals surface area contributed by atoms with Gasteiger partial charge in [0.25, 0.3) is 5.91 Å². The fourth-order valence-electron chi connectivity index (χ4n) is 4.67. The van der Waals surface area contributed by atoms with Crippen LogP contribution in [-0.4, -0.2) is 61.6 Å². The van der Waals surface area contributed by atoms with Crippen molar-refractivity contribution in [1.82, 2.24) is 15.2 Å². The average molecular weight is 442 g/mol. The number of benzene rings is 2. The van der Waals surface area contributed by atoms with E-state index in [1.54, 1.807) is 0 Å². The second kappa shape index (κ2) is 9.63. The minimum atomic E-state index is 0.0233. The molecule has 3 heterocycles. The number of hydrogen-bond acceptors (Lipinski definition) is 5. The minimum absolute atomic E-state index is 0.0233. The van der Waals surface area contributed by atoms with E-state index < -0.39 is 0 Å². The first-order valence-electron chi connectivity index (χ1n) is 11.8. The third-order valence-corrected chi connectivity index (χ3v) is 6.62. The van der Waals surface area contributed by atoms with Gasteiger partial charge in [-0.05, 0) is 36.8 Å². The van der Waals surface area contributed by atoms with E-state index in [2.05, 4.69) is 70.6 Å². The molecule has 6 heteroatoms. The highest BCUT2D eigenvalue weighted by atomic mass is 16.2. The zero-order chi connectivity index (χ0) is 22.6. The maximum atomic E-state index is 13.2. The highest BCUT2D eigenvalue weighted by molar-refractivity contribution is 5.93. The normalized spacial score (nSPS) is 18.9. The molecule has 1 amide bonds. The number of carbonyl (C=O) groups is 1. The van der Waals surface area contributed by atoms with Gasteiger partial charge in [0, 0.05) is 57.5 Å². The van der Waals surface area contributed by atoms with Gasteiger partial charge in [0.15, 0.2) is 0 Å². The number of anilines is 2. The lowest BCUT2D eigenvalue weighted by Crippen LogP contribution is -2.49.